The van der Waals surface area contributed by atoms with Gasteiger partial charge in [-0.1, -0.05) is 6.07 Å². The number of rotatable bonds is 3. The Bertz CT molecular complexity index is 482. The zero-order chi connectivity index (χ0) is 11.5. The van der Waals surface area contributed by atoms with Crippen LogP contribution in [0, 0.1) is 12.7 Å². The number of thiophene rings is 1. The minimum absolute atomic E-state index is 0.263. The molecule has 2 aromatic rings. The van der Waals surface area contributed by atoms with E-state index in [-0.39, 0.29) is 11.6 Å². The van der Waals surface area contributed by atoms with Crippen molar-refractivity contribution in [1.29, 1.82) is 0 Å². The number of hydrogen-bond donors (Lipinski definition) is 1. The van der Waals surface area contributed by atoms with Crippen molar-refractivity contribution in [3.05, 3.63) is 39.7 Å². The highest BCUT2D eigenvalue weighted by Crippen LogP contribution is 2.17. The van der Waals surface area contributed by atoms with E-state index in [1.165, 1.54) is 4.88 Å². The first kappa shape index (κ1) is 11.0. The fourth-order valence-corrected chi connectivity index (χ4v) is 2.13. The lowest BCUT2D eigenvalue weighted by Gasteiger charge is -2.06. The van der Waals surface area contributed by atoms with Gasteiger partial charge in [0.25, 0.3) is 0 Å². The van der Waals surface area contributed by atoms with Gasteiger partial charge in [-0.15, -0.1) is 11.3 Å². The molecule has 0 atom stereocenters. The molecule has 5 heteroatoms. The first-order valence-electron chi connectivity index (χ1n) is 4.94. The van der Waals surface area contributed by atoms with E-state index in [2.05, 4.69) is 15.3 Å². The van der Waals surface area contributed by atoms with Crippen LogP contribution < -0.4 is 5.32 Å². The molecule has 2 heterocycles. The number of anilines is 1. The van der Waals surface area contributed by atoms with Crippen molar-refractivity contribution in [1.82, 2.24) is 9.97 Å². The zero-order valence-corrected chi connectivity index (χ0v) is 9.94. The average molecular weight is 237 g/mol. The average Bonchev–Trinajstić information content (AvgIpc) is 2.76. The van der Waals surface area contributed by atoms with Crippen molar-refractivity contribution in [2.45, 2.75) is 13.3 Å². The minimum Gasteiger partial charge on any atom is -0.371 e. The molecule has 0 spiro atoms. The molecule has 0 aliphatic heterocycles. The number of halogens is 1. The van der Waals surface area contributed by atoms with Crippen LogP contribution in [0.25, 0.3) is 0 Å². The van der Waals surface area contributed by atoms with E-state index in [9.17, 15) is 4.39 Å². The molecule has 0 bridgehead atoms. The van der Waals surface area contributed by atoms with Gasteiger partial charge >= 0.3 is 0 Å². The van der Waals surface area contributed by atoms with E-state index >= 15 is 0 Å². The lowest BCUT2D eigenvalue weighted by Crippen LogP contribution is -2.06. The molecule has 2 rings (SSSR count). The van der Waals surface area contributed by atoms with E-state index in [1.54, 1.807) is 25.3 Å². The van der Waals surface area contributed by atoms with Gasteiger partial charge in [0.15, 0.2) is 11.6 Å². The van der Waals surface area contributed by atoms with Crippen LogP contribution in [0.1, 0.15) is 16.4 Å². The van der Waals surface area contributed by atoms with Gasteiger partial charge in [0.1, 0.15) is 5.82 Å². The van der Waals surface area contributed by atoms with Crippen molar-refractivity contribution in [3.63, 3.8) is 0 Å². The molecule has 16 heavy (non-hydrogen) atoms. The normalized spacial score (nSPS) is 10.4. The van der Waals surface area contributed by atoms with Crippen LogP contribution in [0.4, 0.5) is 10.2 Å². The molecule has 0 aliphatic carbocycles. The smallest absolute Gasteiger partial charge is 0.186 e. The molecule has 0 saturated heterocycles. The summed E-state index contributed by atoms with van der Waals surface area (Å²) in [7, 11) is 1.65. The number of nitrogens with one attached hydrogen (secondary N) is 1. The lowest BCUT2D eigenvalue weighted by molar-refractivity contribution is 0.602. The quantitative estimate of drug-likeness (QED) is 0.891. The lowest BCUT2D eigenvalue weighted by atomic mass is 10.3. The first-order valence-corrected chi connectivity index (χ1v) is 5.82. The Kier molecular flexibility index (Phi) is 3.14. The highest BCUT2D eigenvalue weighted by Gasteiger charge is 2.10. The fraction of sp³-hybridized carbons (Fsp3) is 0.273. The van der Waals surface area contributed by atoms with Gasteiger partial charge < -0.3 is 5.32 Å². The summed E-state index contributed by atoms with van der Waals surface area (Å²) in [5, 5.41) is 4.74. The third-order valence-electron chi connectivity index (χ3n) is 2.21. The maximum Gasteiger partial charge on any atom is 0.186 e. The first-order chi connectivity index (χ1) is 7.70. The van der Waals surface area contributed by atoms with E-state index in [4.69, 9.17) is 0 Å². The van der Waals surface area contributed by atoms with Crippen molar-refractivity contribution in [2.24, 2.45) is 0 Å². The van der Waals surface area contributed by atoms with Crippen LogP contribution in [0.3, 0.4) is 0 Å². The third kappa shape index (κ3) is 2.19. The second-order valence-electron chi connectivity index (χ2n) is 3.39. The topological polar surface area (TPSA) is 37.8 Å². The molecule has 3 nitrogen and oxygen atoms in total. The summed E-state index contributed by atoms with van der Waals surface area (Å²) in [6, 6.07) is 4.00. The Hall–Kier alpha value is -1.49. The van der Waals surface area contributed by atoms with Crippen LogP contribution in [0.5, 0.6) is 0 Å². The van der Waals surface area contributed by atoms with Gasteiger partial charge in [0.05, 0.1) is 5.69 Å². The molecule has 1 N–H and O–H groups in total. The Balaban J connectivity index is 2.32. The molecular weight excluding hydrogens is 225 g/mol. The Morgan fingerprint density at radius 3 is 2.88 bits per heavy atom. The van der Waals surface area contributed by atoms with Gasteiger partial charge in [0, 0.05) is 18.3 Å². The predicted molar refractivity (Wildman–Crippen MR) is 63.4 cm³/mol. The molecule has 0 amide bonds. The predicted octanol–water partition coefficient (Wildman–Crippen LogP) is 2.62. The highest BCUT2D eigenvalue weighted by molar-refractivity contribution is 7.09. The van der Waals surface area contributed by atoms with Gasteiger partial charge in [-0.05, 0) is 18.4 Å². The second-order valence-corrected chi connectivity index (χ2v) is 4.43. The van der Waals surface area contributed by atoms with E-state index in [0.717, 1.165) is 0 Å². The van der Waals surface area contributed by atoms with E-state index in [0.29, 0.717) is 17.9 Å². The van der Waals surface area contributed by atoms with Crippen molar-refractivity contribution < 1.29 is 4.39 Å². The Morgan fingerprint density at radius 1 is 1.44 bits per heavy atom. The summed E-state index contributed by atoms with van der Waals surface area (Å²) >= 11 is 1.65. The minimum atomic E-state index is -0.377. The van der Waals surface area contributed by atoms with Crippen LogP contribution in [0.15, 0.2) is 17.5 Å². The van der Waals surface area contributed by atoms with E-state index < -0.39 is 0 Å². The monoisotopic (exact) mass is 237 g/mol. The molecule has 0 fully saturated rings. The summed E-state index contributed by atoms with van der Waals surface area (Å²) in [5.74, 6) is 0.530. The van der Waals surface area contributed by atoms with Crippen molar-refractivity contribution in [3.8, 4) is 0 Å². The maximum absolute atomic E-state index is 13.5. The van der Waals surface area contributed by atoms with Crippen LogP contribution >= 0.6 is 11.3 Å². The summed E-state index contributed by atoms with van der Waals surface area (Å²) in [6.07, 6.45) is 0.646. The molecule has 0 aromatic carbocycles. The molecule has 0 radical (unpaired) electrons. The van der Waals surface area contributed by atoms with E-state index in [1.807, 2.05) is 17.5 Å². The van der Waals surface area contributed by atoms with Gasteiger partial charge in [-0.3, -0.25) is 0 Å². The van der Waals surface area contributed by atoms with Crippen molar-refractivity contribution >= 4 is 17.2 Å². The van der Waals surface area contributed by atoms with Gasteiger partial charge in [-0.2, -0.15) is 0 Å². The van der Waals surface area contributed by atoms with Gasteiger partial charge in [-0.25, -0.2) is 14.4 Å². The number of aromatic nitrogens is 2. The summed E-state index contributed by atoms with van der Waals surface area (Å²) < 4.78 is 13.5. The Morgan fingerprint density at radius 2 is 2.25 bits per heavy atom. The fourth-order valence-electron chi connectivity index (χ4n) is 1.43. The molecular formula is C11H12FN3S. The van der Waals surface area contributed by atoms with Crippen LogP contribution in [0.2, 0.25) is 0 Å². The number of aryl methyl sites for hydroxylation is 1. The van der Waals surface area contributed by atoms with Crippen LogP contribution in [-0.4, -0.2) is 17.0 Å². The van der Waals surface area contributed by atoms with Crippen molar-refractivity contribution in [2.75, 3.05) is 12.4 Å². The summed E-state index contributed by atoms with van der Waals surface area (Å²) in [5.41, 5.74) is 0.380. The maximum atomic E-state index is 13.5. The SMILES string of the molecule is CNc1nc(Cc2cccs2)nc(C)c1F. The zero-order valence-electron chi connectivity index (χ0n) is 9.12. The standard InChI is InChI=1S/C11H12FN3S/c1-7-10(12)11(13-2)15-9(14-7)6-8-4-3-5-16-8/h3-5H,6H2,1-2H3,(H,13,14,15). The Labute approximate surface area is 97.4 Å². The molecule has 0 saturated carbocycles. The third-order valence-corrected chi connectivity index (χ3v) is 3.09. The second kappa shape index (κ2) is 4.57. The summed E-state index contributed by atoms with van der Waals surface area (Å²) in [6.45, 7) is 1.65. The largest absolute Gasteiger partial charge is 0.371 e. The van der Waals surface area contributed by atoms with Crippen LogP contribution in [-0.2, 0) is 6.42 Å². The molecule has 0 aliphatic rings. The number of hydrogen-bond acceptors (Lipinski definition) is 4. The molecule has 2 aromatic heterocycles. The highest BCUT2D eigenvalue weighted by atomic mass is 32.1. The summed E-state index contributed by atoms with van der Waals surface area (Å²) in [4.78, 5) is 9.45. The molecule has 84 valence electrons. The molecule has 0 unspecified atom stereocenters. The number of nitrogens with zero attached hydrogens (tertiary/aromatic N) is 2. The van der Waals surface area contributed by atoms with Gasteiger partial charge in [0.2, 0.25) is 0 Å².